The average molecular weight is 660 g/mol. The van der Waals surface area contributed by atoms with Crippen molar-refractivity contribution in [2.24, 2.45) is 0 Å². The highest BCUT2D eigenvalue weighted by atomic mass is 35.5. The number of nitrogens with one attached hydrogen (secondary N) is 1. The molecular weight excluding hydrogens is 618 g/mol. The Labute approximate surface area is 278 Å². The summed E-state index contributed by atoms with van der Waals surface area (Å²) < 4.78 is 29.8. The first-order valence-electron chi connectivity index (χ1n) is 15.4. The highest BCUT2D eigenvalue weighted by molar-refractivity contribution is 7.92. The maximum Gasteiger partial charge on any atom is 0.264 e. The zero-order chi connectivity index (χ0) is 33.4. The van der Waals surface area contributed by atoms with Gasteiger partial charge in [-0.25, -0.2) is 8.42 Å². The average Bonchev–Trinajstić information content (AvgIpc) is 3.04. The van der Waals surface area contributed by atoms with Crippen molar-refractivity contribution >= 4 is 39.1 Å². The van der Waals surface area contributed by atoms with E-state index in [2.05, 4.69) is 5.32 Å². The molecule has 4 rings (SSSR count). The fourth-order valence-corrected chi connectivity index (χ4v) is 6.83. The second-order valence-corrected chi connectivity index (χ2v) is 13.9. The number of hydrogen-bond acceptors (Lipinski definition) is 4. The highest BCUT2D eigenvalue weighted by Gasteiger charge is 2.35. The normalized spacial score (nSPS) is 12.7. The molecular formula is C37H42ClN3O4S. The number of halogens is 1. The number of rotatable bonds is 13. The van der Waals surface area contributed by atoms with Crippen LogP contribution in [0.15, 0.2) is 102 Å². The van der Waals surface area contributed by atoms with Crippen LogP contribution in [0.25, 0.3) is 0 Å². The van der Waals surface area contributed by atoms with Crippen LogP contribution in [0.5, 0.6) is 0 Å². The number of sulfonamides is 1. The third-order valence-corrected chi connectivity index (χ3v) is 10.4. The quantitative estimate of drug-likeness (QED) is 0.167. The van der Waals surface area contributed by atoms with Crippen LogP contribution in [-0.2, 0) is 32.6 Å². The second kappa shape index (κ2) is 15.4. The molecule has 1 N–H and O–H groups in total. The number of hydrogen-bond donors (Lipinski definition) is 1. The lowest BCUT2D eigenvalue weighted by molar-refractivity contribution is -0.140. The molecule has 0 heterocycles. The molecule has 4 aromatic carbocycles. The molecule has 0 saturated heterocycles. The first kappa shape index (κ1) is 34.7. The summed E-state index contributed by atoms with van der Waals surface area (Å²) in [6, 6.07) is 27.5. The van der Waals surface area contributed by atoms with E-state index < -0.39 is 28.5 Å². The van der Waals surface area contributed by atoms with Gasteiger partial charge in [0.15, 0.2) is 0 Å². The van der Waals surface area contributed by atoms with Crippen molar-refractivity contribution in [1.82, 2.24) is 10.2 Å². The molecule has 0 saturated carbocycles. The van der Waals surface area contributed by atoms with Gasteiger partial charge >= 0.3 is 0 Å². The lowest BCUT2D eigenvalue weighted by Crippen LogP contribution is -2.54. The van der Waals surface area contributed by atoms with Crippen molar-refractivity contribution < 1.29 is 18.0 Å². The van der Waals surface area contributed by atoms with Gasteiger partial charge in [0.05, 0.1) is 10.6 Å². The van der Waals surface area contributed by atoms with Crippen LogP contribution in [0.3, 0.4) is 0 Å². The summed E-state index contributed by atoms with van der Waals surface area (Å²) in [7, 11) is -4.19. The predicted molar refractivity (Wildman–Crippen MR) is 185 cm³/mol. The Morgan fingerprint density at radius 2 is 1.50 bits per heavy atom. The van der Waals surface area contributed by atoms with E-state index in [1.165, 1.54) is 4.90 Å². The van der Waals surface area contributed by atoms with E-state index in [9.17, 15) is 18.0 Å². The van der Waals surface area contributed by atoms with Gasteiger partial charge in [0.1, 0.15) is 12.6 Å². The van der Waals surface area contributed by atoms with Crippen molar-refractivity contribution in [2.45, 2.75) is 71.0 Å². The Bertz CT molecular complexity index is 1760. The molecule has 0 radical (unpaired) electrons. The SMILES string of the molecule is CC[C@@H](C)NC(=O)[C@H](Cc1ccccc1)N(Cc1ccccc1Cl)C(=O)CN(c1cccc(C)c1C)S(=O)(=O)c1ccc(C)cc1. The van der Waals surface area contributed by atoms with Crippen molar-refractivity contribution in [2.75, 3.05) is 10.8 Å². The van der Waals surface area contributed by atoms with Gasteiger partial charge < -0.3 is 10.2 Å². The van der Waals surface area contributed by atoms with Crippen LogP contribution in [0.2, 0.25) is 5.02 Å². The Morgan fingerprint density at radius 3 is 2.15 bits per heavy atom. The third kappa shape index (κ3) is 8.36. The maximum atomic E-state index is 14.7. The summed E-state index contributed by atoms with van der Waals surface area (Å²) >= 11 is 6.58. The van der Waals surface area contributed by atoms with Gasteiger partial charge in [-0.1, -0.05) is 96.9 Å². The maximum absolute atomic E-state index is 14.7. The summed E-state index contributed by atoms with van der Waals surface area (Å²) in [6.07, 6.45) is 0.935. The summed E-state index contributed by atoms with van der Waals surface area (Å²) in [5.41, 5.74) is 4.44. The molecule has 0 aromatic heterocycles. The number of carbonyl (C=O) groups is 2. The zero-order valence-corrected chi connectivity index (χ0v) is 28.6. The number of carbonyl (C=O) groups excluding carboxylic acids is 2. The summed E-state index contributed by atoms with van der Waals surface area (Å²) in [5, 5.41) is 3.50. The van der Waals surface area contributed by atoms with E-state index in [1.54, 1.807) is 54.6 Å². The molecule has 0 spiro atoms. The van der Waals surface area contributed by atoms with E-state index >= 15 is 0 Å². The second-order valence-electron chi connectivity index (χ2n) is 11.7. The fourth-order valence-electron chi connectivity index (χ4n) is 5.16. The topological polar surface area (TPSA) is 86.8 Å². The molecule has 0 unspecified atom stereocenters. The Kier molecular flexibility index (Phi) is 11.7. The minimum atomic E-state index is -4.19. The molecule has 0 aliphatic rings. The summed E-state index contributed by atoms with van der Waals surface area (Å²) in [4.78, 5) is 30.2. The standard InChI is InChI=1S/C37H42ClN3O4S/c1-6-28(4)39-37(43)35(23-30-14-8-7-9-15-30)40(24-31-16-10-11-17-33(31)38)36(42)25-41(34-18-12-13-27(3)29(34)5)46(44,45)32-21-19-26(2)20-22-32/h7-22,28,35H,6,23-25H2,1-5H3,(H,39,43)/t28-,35+/m1/s1. The number of anilines is 1. The van der Waals surface area contributed by atoms with Crippen molar-refractivity contribution in [1.29, 1.82) is 0 Å². The molecule has 0 aliphatic carbocycles. The molecule has 4 aromatic rings. The summed E-state index contributed by atoms with van der Waals surface area (Å²) in [6.45, 7) is 8.99. The lowest BCUT2D eigenvalue weighted by Gasteiger charge is -2.35. The first-order chi connectivity index (χ1) is 21.9. The Morgan fingerprint density at radius 1 is 0.848 bits per heavy atom. The molecule has 9 heteroatoms. The predicted octanol–water partition coefficient (Wildman–Crippen LogP) is 7.02. The van der Waals surface area contributed by atoms with Crippen LogP contribution in [0.4, 0.5) is 5.69 Å². The summed E-state index contributed by atoms with van der Waals surface area (Å²) in [5.74, 6) is -0.852. The van der Waals surface area contributed by atoms with E-state index in [1.807, 2.05) is 77.1 Å². The number of amides is 2. The Balaban J connectivity index is 1.85. The third-order valence-electron chi connectivity index (χ3n) is 8.30. The molecule has 0 bridgehead atoms. The molecule has 2 amide bonds. The molecule has 46 heavy (non-hydrogen) atoms. The van der Waals surface area contributed by atoms with Crippen molar-refractivity contribution in [3.05, 3.63) is 130 Å². The van der Waals surface area contributed by atoms with Crippen LogP contribution < -0.4 is 9.62 Å². The van der Waals surface area contributed by atoms with Crippen molar-refractivity contribution in [3.63, 3.8) is 0 Å². The molecule has 0 aliphatic heterocycles. The van der Waals surface area contributed by atoms with Gasteiger partial charge in [-0.3, -0.25) is 13.9 Å². The van der Waals surface area contributed by atoms with E-state index in [0.29, 0.717) is 22.7 Å². The van der Waals surface area contributed by atoms with Crippen LogP contribution in [0.1, 0.15) is 48.1 Å². The van der Waals surface area contributed by atoms with Crippen molar-refractivity contribution in [3.8, 4) is 0 Å². The van der Waals surface area contributed by atoms with Gasteiger partial charge in [0.2, 0.25) is 11.8 Å². The molecule has 7 nitrogen and oxygen atoms in total. The van der Waals surface area contributed by atoms with Gasteiger partial charge in [-0.05, 0) is 80.6 Å². The van der Waals surface area contributed by atoms with Gasteiger partial charge in [0.25, 0.3) is 10.0 Å². The van der Waals surface area contributed by atoms with Crippen LogP contribution >= 0.6 is 11.6 Å². The Hall–Kier alpha value is -4.14. The number of nitrogens with zero attached hydrogens (tertiary/aromatic N) is 2. The molecule has 242 valence electrons. The monoisotopic (exact) mass is 659 g/mol. The van der Waals surface area contributed by atoms with Gasteiger partial charge in [0, 0.05) is 24.0 Å². The highest BCUT2D eigenvalue weighted by Crippen LogP contribution is 2.30. The minimum Gasteiger partial charge on any atom is -0.352 e. The van der Waals surface area contributed by atoms with E-state index in [4.69, 9.17) is 11.6 Å². The number of benzene rings is 4. The minimum absolute atomic E-state index is 0.00908. The largest absolute Gasteiger partial charge is 0.352 e. The lowest BCUT2D eigenvalue weighted by atomic mass is 10.0. The number of aryl methyl sites for hydroxylation is 2. The fraction of sp³-hybridized carbons (Fsp3) is 0.297. The smallest absolute Gasteiger partial charge is 0.264 e. The van der Waals surface area contributed by atoms with Crippen LogP contribution in [-0.4, -0.2) is 43.8 Å². The first-order valence-corrected chi connectivity index (χ1v) is 17.3. The van der Waals surface area contributed by atoms with Gasteiger partial charge in [-0.2, -0.15) is 0 Å². The van der Waals surface area contributed by atoms with E-state index in [-0.39, 0.29) is 29.8 Å². The zero-order valence-electron chi connectivity index (χ0n) is 27.0. The van der Waals surface area contributed by atoms with E-state index in [0.717, 1.165) is 26.6 Å². The van der Waals surface area contributed by atoms with Gasteiger partial charge in [-0.15, -0.1) is 0 Å². The molecule has 0 fully saturated rings. The van der Waals surface area contributed by atoms with Crippen LogP contribution in [0, 0.1) is 20.8 Å². The molecule has 2 atom stereocenters.